The van der Waals surface area contributed by atoms with Crippen LogP contribution in [0.3, 0.4) is 0 Å². The second kappa shape index (κ2) is 5.61. The van der Waals surface area contributed by atoms with Crippen molar-refractivity contribution in [3.63, 3.8) is 0 Å². The fourth-order valence-corrected chi connectivity index (χ4v) is 1.67. The number of carbonyl (C=O) groups excluding carboxylic acids is 1. The van der Waals surface area contributed by atoms with Crippen LogP contribution in [-0.2, 0) is 15.8 Å². The zero-order chi connectivity index (χ0) is 11.4. The molecular formula is C10H21NO2S. The number of ketones is 1. The molecule has 0 spiro atoms. The van der Waals surface area contributed by atoms with Crippen LogP contribution in [0.1, 0.15) is 47.5 Å². The maximum absolute atomic E-state index is 11.6. The van der Waals surface area contributed by atoms with Crippen molar-refractivity contribution in [2.24, 2.45) is 0 Å². The van der Waals surface area contributed by atoms with Crippen molar-refractivity contribution in [2.75, 3.05) is 0 Å². The number of Topliss-reactive ketones (excluding diaryl/α,β-unsaturated/α-hetero) is 1. The van der Waals surface area contributed by atoms with Gasteiger partial charge >= 0.3 is 0 Å². The molecule has 0 amide bonds. The zero-order valence-corrected chi connectivity index (χ0v) is 10.5. The largest absolute Gasteiger partial charge is 0.298 e. The van der Waals surface area contributed by atoms with Gasteiger partial charge in [0.05, 0.1) is 21.8 Å². The predicted molar refractivity (Wildman–Crippen MR) is 60.4 cm³/mol. The maximum Gasteiger partial charge on any atom is 0.150 e. The molecule has 0 aliphatic heterocycles. The lowest BCUT2D eigenvalue weighted by Gasteiger charge is -2.21. The second-order valence-electron chi connectivity index (χ2n) is 4.44. The summed E-state index contributed by atoms with van der Waals surface area (Å²) < 4.78 is 14.1. The van der Waals surface area contributed by atoms with Gasteiger partial charge in [-0.2, -0.15) is 0 Å². The van der Waals surface area contributed by atoms with E-state index in [1.54, 1.807) is 6.92 Å². The highest BCUT2D eigenvalue weighted by atomic mass is 32.2. The number of rotatable bonds is 5. The smallest absolute Gasteiger partial charge is 0.150 e. The molecule has 0 aromatic carbocycles. The van der Waals surface area contributed by atoms with Gasteiger partial charge in [-0.15, -0.1) is 0 Å². The Morgan fingerprint density at radius 3 is 2.29 bits per heavy atom. The van der Waals surface area contributed by atoms with E-state index in [9.17, 15) is 9.00 Å². The van der Waals surface area contributed by atoms with E-state index < -0.39 is 11.0 Å². The summed E-state index contributed by atoms with van der Waals surface area (Å²) in [5.74, 6) is 0.130. The first-order valence-corrected chi connectivity index (χ1v) is 6.14. The first-order chi connectivity index (χ1) is 6.29. The van der Waals surface area contributed by atoms with E-state index in [1.165, 1.54) is 0 Å². The molecule has 0 aromatic heterocycles. The number of carbonyl (C=O) groups is 1. The lowest BCUT2D eigenvalue weighted by atomic mass is 10.1. The molecule has 3 nitrogen and oxygen atoms in total. The molecule has 0 heterocycles. The molecule has 14 heavy (non-hydrogen) atoms. The zero-order valence-electron chi connectivity index (χ0n) is 9.72. The standard InChI is InChI=1S/C10H21NO2S/c1-6-7-9(12)8(2)11-14(13)10(3,4)5/h8,11H,6-7H2,1-5H3. The highest BCUT2D eigenvalue weighted by Gasteiger charge is 2.23. The third-order valence-corrected chi connectivity index (χ3v) is 3.50. The Morgan fingerprint density at radius 1 is 1.43 bits per heavy atom. The Hall–Kier alpha value is -0.220. The van der Waals surface area contributed by atoms with E-state index in [-0.39, 0.29) is 16.6 Å². The van der Waals surface area contributed by atoms with Gasteiger partial charge in [0.1, 0.15) is 5.78 Å². The van der Waals surface area contributed by atoms with Gasteiger partial charge in [-0.25, -0.2) is 8.93 Å². The topological polar surface area (TPSA) is 46.2 Å². The molecule has 0 aliphatic rings. The van der Waals surface area contributed by atoms with Crippen molar-refractivity contribution in [1.29, 1.82) is 0 Å². The second-order valence-corrected chi connectivity index (χ2v) is 6.43. The van der Waals surface area contributed by atoms with Crippen LogP contribution < -0.4 is 4.72 Å². The summed E-state index contributed by atoms with van der Waals surface area (Å²) in [5, 5.41) is 0. The summed E-state index contributed by atoms with van der Waals surface area (Å²) in [6, 6.07) is -0.310. The van der Waals surface area contributed by atoms with Crippen molar-refractivity contribution in [3.05, 3.63) is 0 Å². The van der Waals surface area contributed by atoms with Crippen molar-refractivity contribution in [2.45, 2.75) is 58.2 Å². The number of hydrogen-bond donors (Lipinski definition) is 1. The monoisotopic (exact) mass is 219 g/mol. The summed E-state index contributed by atoms with van der Waals surface area (Å²) in [5.41, 5.74) is 0. The Kier molecular flexibility index (Phi) is 5.52. The average molecular weight is 219 g/mol. The molecule has 2 atom stereocenters. The normalized spacial score (nSPS) is 16.4. The van der Waals surface area contributed by atoms with Crippen molar-refractivity contribution in [1.82, 2.24) is 4.72 Å². The molecule has 4 heteroatoms. The van der Waals surface area contributed by atoms with Gasteiger partial charge in [-0.1, -0.05) is 6.92 Å². The van der Waals surface area contributed by atoms with Gasteiger partial charge in [0.2, 0.25) is 0 Å². The van der Waals surface area contributed by atoms with Gasteiger partial charge in [0.25, 0.3) is 0 Å². The fourth-order valence-electron chi connectivity index (χ4n) is 0.866. The van der Waals surface area contributed by atoms with Crippen LogP contribution >= 0.6 is 0 Å². The molecule has 0 fully saturated rings. The highest BCUT2D eigenvalue weighted by molar-refractivity contribution is 7.84. The summed E-state index contributed by atoms with van der Waals surface area (Å²) >= 11 is 0. The van der Waals surface area contributed by atoms with Crippen molar-refractivity contribution >= 4 is 16.8 Å². The van der Waals surface area contributed by atoms with Crippen LogP contribution in [-0.4, -0.2) is 20.8 Å². The molecular weight excluding hydrogens is 198 g/mol. The minimum atomic E-state index is -1.16. The molecule has 0 aromatic rings. The minimum Gasteiger partial charge on any atom is -0.298 e. The van der Waals surface area contributed by atoms with E-state index >= 15 is 0 Å². The van der Waals surface area contributed by atoms with Gasteiger partial charge in [-0.3, -0.25) is 4.79 Å². The van der Waals surface area contributed by atoms with E-state index in [4.69, 9.17) is 0 Å². The van der Waals surface area contributed by atoms with Crippen molar-refractivity contribution < 1.29 is 9.00 Å². The Balaban J connectivity index is 4.13. The lowest BCUT2D eigenvalue weighted by molar-refractivity contribution is -0.120. The van der Waals surface area contributed by atoms with E-state index in [0.717, 1.165) is 6.42 Å². The Morgan fingerprint density at radius 2 is 1.93 bits per heavy atom. The third-order valence-electron chi connectivity index (χ3n) is 1.82. The molecule has 0 saturated heterocycles. The van der Waals surface area contributed by atoms with Crippen LogP contribution in [0.25, 0.3) is 0 Å². The van der Waals surface area contributed by atoms with Gasteiger partial charge in [0, 0.05) is 6.42 Å². The SMILES string of the molecule is CCCC(=O)C(C)NS(=O)C(C)(C)C. The summed E-state index contributed by atoms with van der Waals surface area (Å²) in [6.07, 6.45) is 1.39. The quantitative estimate of drug-likeness (QED) is 0.766. The Labute approximate surface area is 89.2 Å². The van der Waals surface area contributed by atoms with Gasteiger partial charge in [-0.05, 0) is 34.1 Å². The molecule has 2 unspecified atom stereocenters. The molecule has 0 saturated carbocycles. The molecule has 0 radical (unpaired) electrons. The van der Waals surface area contributed by atoms with Gasteiger partial charge < -0.3 is 0 Å². The first-order valence-electron chi connectivity index (χ1n) is 4.99. The average Bonchev–Trinajstić information content (AvgIpc) is 2.02. The first kappa shape index (κ1) is 13.8. The van der Waals surface area contributed by atoms with E-state index in [0.29, 0.717) is 6.42 Å². The van der Waals surface area contributed by atoms with Gasteiger partial charge in [0.15, 0.2) is 0 Å². The van der Waals surface area contributed by atoms with Crippen LogP contribution in [0.5, 0.6) is 0 Å². The summed E-state index contributed by atoms with van der Waals surface area (Å²) in [4.78, 5) is 11.4. The minimum absolute atomic E-state index is 0.130. The van der Waals surface area contributed by atoms with E-state index in [1.807, 2.05) is 27.7 Å². The predicted octanol–water partition coefficient (Wildman–Crippen LogP) is 1.80. The number of hydrogen-bond acceptors (Lipinski definition) is 2. The van der Waals surface area contributed by atoms with Crippen LogP contribution in [0.4, 0.5) is 0 Å². The van der Waals surface area contributed by atoms with Crippen LogP contribution in [0.2, 0.25) is 0 Å². The fraction of sp³-hybridized carbons (Fsp3) is 0.900. The molecule has 0 rings (SSSR count). The van der Waals surface area contributed by atoms with Crippen LogP contribution in [0, 0.1) is 0 Å². The third kappa shape index (κ3) is 4.86. The summed E-state index contributed by atoms with van der Waals surface area (Å²) in [7, 11) is -1.16. The molecule has 0 bridgehead atoms. The van der Waals surface area contributed by atoms with E-state index in [2.05, 4.69) is 4.72 Å². The maximum atomic E-state index is 11.6. The van der Waals surface area contributed by atoms with Crippen LogP contribution in [0.15, 0.2) is 0 Å². The molecule has 1 N–H and O–H groups in total. The lowest BCUT2D eigenvalue weighted by Crippen LogP contribution is -2.42. The van der Waals surface area contributed by atoms with Crippen molar-refractivity contribution in [3.8, 4) is 0 Å². The molecule has 84 valence electrons. The molecule has 0 aliphatic carbocycles. The Bertz CT molecular complexity index is 221. The summed E-state index contributed by atoms with van der Waals surface area (Å²) in [6.45, 7) is 9.38. The highest BCUT2D eigenvalue weighted by Crippen LogP contribution is 2.09. The number of nitrogens with one attached hydrogen (secondary N) is 1.